The highest BCUT2D eigenvalue weighted by Crippen LogP contribution is 2.42. The van der Waals surface area contributed by atoms with E-state index in [1.165, 1.54) is 7.11 Å². The fourth-order valence-electron chi connectivity index (χ4n) is 6.61. The number of aromatic nitrogens is 3. The minimum atomic E-state index is -4.75. The van der Waals surface area contributed by atoms with Crippen LogP contribution < -0.4 is 4.74 Å². The number of hydrogen-bond donors (Lipinski definition) is 0. The van der Waals surface area contributed by atoms with Crippen LogP contribution in [0.15, 0.2) is 36.5 Å². The van der Waals surface area contributed by atoms with Crippen molar-refractivity contribution in [2.75, 3.05) is 20.2 Å². The molecule has 0 saturated carbocycles. The molecule has 4 aromatic rings. The number of carbonyl (C=O) groups excluding carboxylic acids is 1. The summed E-state index contributed by atoms with van der Waals surface area (Å²) < 4.78 is 91.0. The molecular weight excluding hydrogens is 564 g/mol. The van der Waals surface area contributed by atoms with E-state index in [1.54, 1.807) is 23.1 Å². The molecular formula is C29H23F6N5O2. The molecule has 4 heterocycles. The lowest BCUT2D eigenvalue weighted by Gasteiger charge is -2.34. The molecule has 3 aliphatic rings. The van der Waals surface area contributed by atoms with Gasteiger partial charge in [0.05, 0.1) is 19.0 Å². The van der Waals surface area contributed by atoms with Gasteiger partial charge in [-0.3, -0.25) is 9.69 Å². The van der Waals surface area contributed by atoms with E-state index in [4.69, 9.17) is 4.74 Å². The van der Waals surface area contributed by atoms with E-state index < -0.39 is 35.2 Å². The van der Waals surface area contributed by atoms with E-state index in [0.717, 1.165) is 17.8 Å². The van der Waals surface area contributed by atoms with Gasteiger partial charge in [0.1, 0.15) is 17.1 Å². The molecule has 2 unspecified atom stereocenters. The van der Waals surface area contributed by atoms with Crippen LogP contribution in [0.5, 0.6) is 5.75 Å². The average Bonchev–Trinajstić information content (AvgIpc) is 3.67. The van der Waals surface area contributed by atoms with Crippen molar-refractivity contribution in [2.45, 2.75) is 44.1 Å². The van der Waals surface area contributed by atoms with Gasteiger partial charge >= 0.3 is 6.18 Å². The minimum absolute atomic E-state index is 0.0201. The van der Waals surface area contributed by atoms with E-state index in [9.17, 15) is 31.1 Å². The zero-order valence-corrected chi connectivity index (χ0v) is 22.2. The number of alkyl halides is 3. The van der Waals surface area contributed by atoms with Crippen LogP contribution in [0.25, 0.3) is 16.9 Å². The average molecular weight is 588 g/mol. The number of fused-ring (bicyclic) bond motifs is 6. The highest BCUT2D eigenvalue weighted by Gasteiger charge is 2.47. The predicted octanol–water partition coefficient (Wildman–Crippen LogP) is 5.04. The number of hydrogen-bond acceptors (Lipinski definition) is 5. The normalized spacial score (nSPS) is 19.8. The van der Waals surface area contributed by atoms with Gasteiger partial charge in [-0.15, -0.1) is 0 Å². The quantitative estimate of drug-likeness (QED) is 0.248. The molecule has 1 aliphatic carbocycles. The van der Waals surface area contributed by atoms with Crippen molar-refractivity contribution in [3.8, 4) is 17.0 Å². The number of likely N-dealkylation sites (tertiary alicyclic amines) is 2. The van der Waals surface area contributed by atoms with Crippen LogP contribution >= 0.6 is 0 Å². The number of benzene rings is 2. The Labute approximate surface area is 235 Å². The van der Waals surface area contributed by atoms with Crippen molar-refractivity contribution in [3.05, 3.63) is 81.9 Å². The Balaban J connectivity index is 1.22. The number of amides is 1. The molecule has 2 aromatic heterocycles. The highest BCUT2D eigenvalue weighted by molar-refractivity contribution is 6.00. The molecule has 2 aliphatic heterocycles. The monoisotopic (exact) mass is 587 g/mol. The molecule has 7 nitrogen and oxygen atoms in total. The first kappa shape index (κ1) is 26.7. The summed E-state index contributed by atoms with van der Waals surface area (Å²) in [4.78, 5) is 21.7. The van der Waals surface area contributed by atoms with E-state index in [0.29, 0.717) is 41.3 Å². The van der Waals surface area contributed by atoms with Crippen LogP contribution in [0, 0.1) is 17.5 Å². The van der Waals surface area contributed by atoms with E-state index in [1.807, 2.05) is 4.90 Å². The maximum atomic E-state index is 14.5. The number of halogens is 6. The van der Waals surface area contributed by atoms with Gasteiger partial charge in [0.2, 0.25) is 0 Å². The van der Waals surface area contributed by atoms with Crippen molar-refractivity contribution in [3.63, 3.8) is 0 Å². The molecule has 0 radical (unpaired) electrons. The molecule has 2 fully saturated rings. The summed E-state index contributed by atoms with van der Waals surface area (Å²) in [6.07, 6.45) is -2.63. The van der Waals surface area contributed by atoms with Gasteiger partial charge in [0.25, 0.3) is 5.91 Å². The molecule has 13 heteroatoms. The standard InChI is InChI=1S/C29H23F6N5O2/c1-42-19-3-5-20-14(7-19)2-4-21-25(20)37-27-22(10-36-40(27)26(21)29(33,34)35)28(41)39-13-17-9-18(39)12-38(17)11-15-6-16(30)8-23(31)24(15)32/h3,5-8,10,17-18H,2,4,9,11-13H2,1H3. The fourth-order valence-corrected chi connectivity index (χ4v) is 6.61. The van der Waals surface area contributed by atoms with Gasteiger partial charge in [0.15, 0.2) is 23.0 Å². The summed E-state index contributed by atoms with van der Waals surface area (Å²) in [5.41, 5.74) is 0.201. The zero-order valence-electron chi connectivity index (χ0n) is 22.2. The number of aryl methyl sites for hydroxylation is 1. The van der Waals surface area contributed by atoms with Gasteiger partial charge in [-0.2, -0.15) is 18.3 Å². The second-order valence-electron chi connectivity index (χ2n) is 10.9. The molecule has 218 valence electrons. The predicted molar refractivity (Wildman–Crippen MR) is 137 cm³/mol. The lowest BCUT2D eigenvalue weighted by molar-refractivity contribution is -0.143. The first-order valence-electron chi connectivity index (χ1n) is 13.4. The maximum absolute atomic E-state index is 14.5. The Bertz CT molecular complexity index is 1770. The molecule has 2 bridgehead atoms. The van der Waals surface area contributed by atoms with Crippen LogP contribution in [0.1, 0.15) is 39.2 Å². The van der Waals surface area contributed by atoms with Crippen LogP contribution in [-0.2, 0) is 25.6 Å². The molecule has 1 amide bonds. The van der Waals surface area contributed by atoms with E-state index in [-0.39, 0.29) is 59.6 Å². The third kappa shape index (κ3) is 4.12. The van der Waals surface area contributed by atoms with E-state index in [2.05, 4.69) is 10.1 Å². The third-order valence-corrected chi connectivity index (χ3v) is 8.51. The van der Waals surface area contributed by atoms with Crippen LogP contribution in [-0.4, -0.2) is 62.6 Å². The largest absolute Gasteiger partial charge is 0.497 e. The Hall–Kier alpha value is -4.13. The number of ether oxygens (including phenoxy) is 1. The number of methoxy groups -OCH3 is 1. The minimum Gasteiger partial charge on any atom is -0.497 e. The first-order valence-corrected chi connectivity index (χ1v) is 13.4. The molecule has 2 aromatic carbocycles. The smallest absolute Gasteiger partial charge is 0.433 e. The van der Waals surface area contributed by atoms with Crippen molar-refractivity contribution in [1.29, 1.82) is 0 Å². The van der Waals surface area contributed by atoms with Gasteiger partial charge in [-0.25, -0.2) is 22.7 Å². The number of rotatable bonds is 4. The topological polar surface area (TPSA) is 63.0 Å². The lowest BCUT2D eigenvalue weighted by atomic mass is 9.87. The summed E-state index contributed by atoms with van der Waals surface area (Å²) in [5, 5.41) is 3.97. The number of nitrogens with zero attached hydrogens (tertiary/aromatic N) is 5. The second-order valence-corrected chi connectivity index (χ2v) is 10.9. The molecule has 0 spiro atoms. The van der Waals surface area contributed by atoms with Crippen molar-refractivity contribution in [2.24, 2.45) is 0 Å². The van der Waals surface area contributed by atoms with Gasteiger partial charge in [-0.1, -0.05) is 0 Å². The Morgan fingerprint density at radius 1 is 1.07 bits per heavy atom. The summed E-state index contributed by atoms with van der Waals surface area (Å²) in [7, 11) is 1.51. The van der Waals surface area contributed by atoms with Crippen LogP contribution in [0.4, 0.5) is 26.3 Å². The Morgan fingerprint density at radius 3 is 2.60 bits per heavy atom. The molecule has 2 saturated heterocycles. The lowest BCUT2D eigenvalue weighted by Crippen LogP contribution is -2.48. The molecule has 7 rings (SSSR count). The number of piperazine rings is 1. The van der Waals surface area contributed by atoms with Crippen molar-refractivity contribution in [1.82, 2.24) is 24.4 Å². The summed E-state index contributed by atoms with van der Waals surface area (Å²) >= 11 is 0. The maximum Gasteiger partial charge on any atom is 0.433 e. The molecule has 42 heavy (non-hydrogen) atoms. The third-order valence-electron chi connectivity index (χ3n) is 8.51. The molecule has 0 N–H and O–H groups in total. The Morgan fingerprint density at radius 2 is 1.88 bits per heavy atom. The van der Waals surface area contributed by atoms with Gasteiger partial charge < -0.3 is 9.64 Å². The first-order chi connectivity index (χ1) is 20.0. The Kier molecular flexibility index (Phi) is 6.02. The van der Waals surface area contributed by atoms with Crippen LogP contribution in [0.2, 0.25) is 0 Å². The van der Waals surface area contributed by atoms with E-state index >= 15 is 0 Å². The summed E-state index contributed by atoms with van der Waals surface area (Å²) in [5.74, 6) is -3.19. The summed E-state index contributed by atoms with van der Waals surface area (Å²) in [6, 6.07) is 6.02. The second kappa shape index (κ2) is 9.45. The van der Waals surface area contributed by atoms with Crippen LogP contribution in [0.3, 0.4) is 0 Å². The SMILES string of the molecule is COc1ccc2c(c1)CCc1c-2nc2c(C(=O)N3CC4CC3CN4Cc3cc(F)cc(F)c3F)cnn2c1C(F)(F)F. The zero-order chi connectivity index (χ0) is 29.5. The van der Waals surface area contributed by atoms with Gasteiger partial charge in [0, 0.05) is 54.5 Å². The number of carbonyl (C=O) groups is 1. The van der Waals surface area contributed by atoms with Crippen molar-refractivity contribution < 1.29 is 35.9 Å². The van der Waals surface area contributed by atoms with Gasteiger partial charge in [-0.05, 0) is 49.1 Å². The summed E-state index contributed by atoms with van der Waals surface area (Å²) in [6.45, 7) is 0.506. The highest BCUT2D eigenvalue weighted by atomic mass is 19.4. The molecule has 2 atom stereocenters. The fraction of sp³-hybridized carbons (Fsp3) is 0.345. The van der Waals surface area contributed by atoms with Crippen molar-refractivity contribution >= 4 is 11.6 Å².